The molecule has 64 valence electrons. The molecule has 2 rings (SSSR count). The van der Waals surface area contributed by atoms with Crippen molar-refractivity contribution in [3.63, 3.8) is 0 Å². The zero-order valence-electron chi connectivity index (χ0n) is 7.03. The first kappa shape index (κ1) is 7.46. The normalized spacial score (nSPS) is 23.4. The first-order valence-electron chi connectivity index (χ1n) is 4.13. The SMILES string of the molecule is Cn1cnnc1C1CCC(=O)C1. The van der Waals surface area contributed by atoms with Gasteiger partial charge in [-0.05, 0) is 6.42 Å². The largest absolute Gasteiger partial charge is 0.320 e. The van der Waals surface area contributed by atoms with Gasteiger partial charge in [-0.2, -0.15) is 0 Å². The number of carbonyl (C=O) groups is 1. The molecule has 1 fully saturated rings. The third kappa shape index (κ3) is 1.13. The van der Waals surface area contributed by atoms with Crippen molar-refractivity contribution in [3.8, 4) is 0 Å². The Morgan fingerprint density at radius 3 is 3.00 bits per heavy atom. The standard InChI is InChI=1S/C8H11N3O/c1-11-5-9-10-8(11)6-2-3-7(12)4-6/h5-6H,2-4H2,1H3. The minimum Gasteiger partial charge on any atom is -0.320 e. The summed E-state index contributed by atoms with van der Waals surface area (Å²) < 4.78 is 1.89. The molecule has 0 amide bonds. The predicted molar refractivity (Wildman–Crippen MR) is 42.6 cm³/mol. The van der Waals surface area contributed by atoms with Crippen molar-refractivity contribution in [1.82, 2.24) is 14.8 Å². The number of ketones is 1. The average molecular weight is 165 g/mol. The van der Waals surface area contributed by atoms with E-state index in [1.165, 1.54) is 0 Å². The second-order valence-electron chi connectivity index (χ2n) is 3.28. The van der Waals surface area contributed by atoms with Crippen LogP contribution in [0.2, 0.25) is 0 Å². The molecule has 0 spiro atoms. The maximum Gasteiger partial charge on any atom is 0.136 e. The Bertz CT molecular complexity index is 305. The molecule has 1 unspecified atom stereocenters. The van der Waals surface area contributed by atoms with Crippen LogP contribution in [-0.2, 0) is 11.8 Å². The Balaban J connectivity index is 2.21. The monoisotopic (exact) mass is 165 g/mol. The van der Waals surface area contributed by atoms with Crippen molar-refractivity contribution in [2.75, 3.05) is 0 Å². The zero-order valence-corrected chi connectivity index (χ0v) is 7.03. The molecule has 0 radical (unpaired) electrons. The maximum absolute atomic E-state index is 11.0. The van der Waals surface area contributed by atoms with E-state index in [0.29, 0.717) is 24.5 Å². The zero-order chi connectivity index (χ0) is 8.55. The van der Waals surface area contributed by atoms with Crippen molar-refractivity contribution < 1.29 is 4.79 Å². The van der Waals surface area contributed by atoms with Crippen LogP contribution in [0.15, 0.2) is 6.33 Å². The first-order valence-corrected chi connectivity index (χ1v) is 4.13. The van der Waals surface area contributed by atoms with Gasteiger partial charge in [-0.1, -0.05) is 0 Å². The van der Waals surface area contributed by atoms with Gasteiger partial charge in [-0.3, -0.25) is 4.79 Å². The van der Waals surface area contributed by atoms with E-state index in [4.69, 9.17) is 0 Å². The molecule has 1 aromatic rings. The van der Waals surface area contributed by atoms with Crippen LogP contribution in [-0.4, -0.2) is 20.5 Å². The van der Waals surface area contributed by atoms with Gasteiger partial charge in [-0.15, -0.1) is 10.2 Å². The van der Waals surface area contributed by atoms with Crippen LogP contribution < -0.4 is 0 Å². The van der Waals surface area contributed by atoms with E-state index in [1.807, 2.05) is 11.6 Å². The lowest BCUT2D eigenvalue weighted by Gasteiger charge is -2.05. The van der Waals surface area contributed by atoms with Gasteiger partial charge in [0.15, 0.2) is 0 Å². The lowest BCUT2D eigenvalue weighted by atomic mass is 10.1. The highest BCUT2D eigenvalue weighted by Gasteiger charge is 2.26. The van der Waals surface area contributed by atoms with Crippen molar-refractivity contribution in [2.24, 2.45) is 7.05 Å². The average Bonchev–Trinajstić information content (AvgIpc) is 2.58. The van der Waals surface area contributed by atoms with Crippen molar-refractivity contribution >= 4 is 5.78 Å². The fourth-order valence-corrected chi connectivity index (χ4v) is 1.70. The highest BCUT2D eigenvalue weighted by Crippen LogP contribution is 2.29. The number of rotatable bonds is 1. The number of Topliss-reactive ketones (excluding diaryl/α,β-unsaturated/α-hetero) is 1. The highest BCUT2D eigenvalue weighted by atomic mass is 16.1. The summed E-state index contributed by atoms with van der Waals surface area (Å²) in [7, 11) is 1.91. The molecule has 12 heavy (non-hydrogen) atoms. The smallest absolute Gasteiger partial charge is 0.136 e. The third-order valence-electron chi connectivity index (χ3n) is 2.36. The van der Waals surface area contributed by atoms with E-state index >= 15 is 0 Å². The van der Waals surface area contributed by atoms with Gasteiger partial charge >= 0.3 is 0 Å². The van der Waals surface area contributed by atoms with Gasteiger partial charge in [0.25, 0.3) is 0 Å². The van der Waals surface area contributed by atoms with Gasteiger partial charge < -0.3 is 4.57 Å². The highest BCUT2D eigenvalue weighted by molar-refractivity contribution is 5.81. The Morgan fingerprint density at radius 2 is 2.50 bits per heavy atom. The summed E-state index contributed by atoms with van der Waals surface area (Å²) in [5, 5.41) is 7.79. The summed E-state index contributed by atoms with van der Waals surface area (Å²) in [5.41, 5.74) is 0. The summed E-state index contributed by atoms with van der Waals surface area (Å²) in [6, 6.07) is 0. The van der Waals surface area contributed by atoms with Crippen LogP contribution in [0.25, 0.3) is 0 Å². The van der Waals surface area contributed by atoms with Crippen molar-refractivity contribution in [3.05, 3.63) is 12.2 Å². The van der Waals surface area contributed by atoms with Crippen LogP contribution in [0.3, 0.4) is 0 Å². The summed E-state index contributed by atoms with van der Waals surface area (Å²) in [6.45, 7) is 0. The minimum atomic E-state index is 0.310. The third-order valence-corrected chi connectivity index (χ3v) is 2.36. The van der Waals surface area contributed by atoms with Crippen LogP contribution in [0.5, 0.6) is 0 Å². The lowest BCUT2D eigenvalue weighted by Crippen LogP contribution is -2.02. The summed E-state index contributed by atoms with van der Waals surface area (Å²) in [6.07, 6.45) is 3.97. The molecule has 1 heterocycles. The van der Waals surface area contributed by atoms with E-state index in [2.05, 4.69) is 10.2 Å². The molecule has 0 aromatic carbocycles. The van der Waals surface area contributed by atoms with Crippen molar-refractivity contribution in [2.45, 2.75) is 25.2 Å². The number of nitrogens with zero attached hydrogens (tertiary/aromatic N) is 3. The quantitative estimate of drug-likeness (QED) is 0.614. The summed E-state index contributed by atoms with van der Waals surface area (Å²) >= 11 is 0. The molecule has 4 heteroatoms. The second-order valence-corrected chi connectivity index (χ2v) is 3.28. The Morgan fingerprint density at radius 1 is 1.67 bits per heavy atom. The number of aromatic nitrogens is 3. The van der Waals surface area contributed by atoms with E-state index in [1.54, 1.807) is 6.33 Å². The topological polar surface area (TPSA) is 47.8 Å². The van der Waals surface area contributed by atoms with E-state index in [9.17, 15) is 4.79 Å². The van der Waals surface area contributed by atoms with Gasteiger partial charge in [0.05, 0.1) is 0 Å². The number of carbonyl (C=O) groups excluding carboxylic acids is 1. The van der Waals surface area contributed by atoms with Gasteiger partial charge in [-0.25, -0.2) is 0 Å². The Kier molecular flexibility index (Phi) is 1.67. The van der Waals surface area contributed by atoms with Gasteiger partial charge in [0, 0.05) is 25.8 Å². The molecule has 0 bridgehead atoms. The molecule has 1 aromatic heterocycles. The number of hydrogen-bond donors (Lipinski definition) is 0. The maximum atomic E-state index is 11.0. The summed E-state index contributed by atoms with van der Waals surface area (Å²) in [4.78, 5) is 11.0. The summed E-state index contributed by atoms with van der Waals surface area (Å²) in [5.74, 6) is 1.61. The number of aryl methyl sites for hydroxylation is 1. The molecule has 4 nitrogen and oxygen atoms in total. The van der Waals surface area contributed by atoms with E-state index in [0.717, 1.165) is 12.2 Å². The predicted octanol–water partition coefficient (Wildman–Crippen LogP) is 0.652. The van der Waals surface area contributed by atoms with Gasteiger partial charge in [0.2, 0.25) is 0 Å². The van der Waals surface area contributed by atoms with Crippen LogP contribution in [0.4, 0.5) is 0 Å². The number of hydrogen-bond acceptors (Lipinski definition) is 3. The Hall–Kier alpha value is -1.19. The fourth-order valence-electron chi connectivity index (χ4n) is 1.70. The van der Waals surface area contributed by atoms with Crippen molar-refractivity contribution in [1.29, 1.82) is 0 Å². The van der Waals surface area contributed by atoms with E-state index < -0.39 is 0 Å². The molecular formula is C8H11N3O. The minimum absolute atomic E-state index is 0.310. The van der Waals surface area contributed by atoms with Crippen LogP contribution >= 0.6 is 0 Å². The fraction of sp³-hybridized carbons (Fsp3) is 0.625. The molecule has 1 atom stereocenters. The molecule has 0 N–H and O–H groups in total. The van der Waals surface area contributed by atoms with Crippen LogP contribution in [0, 0.1) is 0 Å². The molecule has 1 saturated carbocycles. The Labute approximate surface area is 70.6 Å². The molecule has 1 aliphatic carbocycles. The van der Waals surface area contributed by atoms with E-state index in [-0.39, 0.29) is 0 Å². The molecule has 0 saturated heterocycles. The van der Waals surface area contributed by atoms with Crippen LogP contribution in [0.1, 0.15) is 31.0 Å². The molecule has 1 aliphatic rings. The molecular weight excluding hydrogens is 154 g/mol. The molecule has 0 aliphatic heterocycles. The second kappa shape index (κ2) is 2.69. The first-order chi connectivity index (χ1) is 5.77. The lowest BCUT2D eigenvalue weighted by molar-refractivity contribution is -0.117. The van der Waals surface area contributed by atoms with Gasteiger partial charge in [0.1, 0.15) is 17.9 Å².